The molecule has 0 saturated heterocycles. The number of fused-ring (bicyclic) bond motifs is 5. The maximum absolute atomic E-state index is 15.1. The SMILES string of the molecule is CC(C)CCC[C@@H](C)[C@H]1CCC2C3CCC4=C(F)/C(=N/O)CC[C@]4(C)C3CC[C@@]21C. The molecule has 0 aromatic carbocycles. The van der Waals surface area contributed by atoms with Gasteiger partial charge < -0.3 is 5.21 Å². The van der Waals surface area contributed by atoms with Gasteiger partial charge in [-0.25, -0.2) is 4.39 Å². The van der Waals surface area contributed by atoms with Crippen LogP contribution in [0, 0.1) is 46.3 Å². The summed E-state index contributed by atoms with van der Waals surface area (Å²) in [7, 11) is 0. The normalized spacial score (nSPS) is 43.5. The minimum atomic E-state index is -0.180. The summed E-state index contributed by atoms with van der Waals surface area (Å²) in [5.41, 5.74) is 1.73. The zero-order valence-corrected chi connectivity index (χ0v) is 20.0. The molecule has 0 aliphatic heterocycles. The van der Waals surface area contributed by atoms with Crippen molar-refractivity contribution in [1.29, 1.82) is 0 Å². The van der Waals surface area contributed by atoms with E-state index in [1.807, 2.05) is 0 Å². The summed E-state index contributed by atoms with van der Waals surface area (Å²) in [5.74, 6) is 4.53. The van der Waals surface area contributed by atoms with Crippen molar-refractivity contribution < 1.29 is 9.60 Å². The third kappa shape index (κ3) is 3.47. The first kappa shape index (κ1) is 22.3. The molecule has 0 heterocycles. The highest BCUT2D eigenvalue weighted by Gasteiger charge is 2.60. The average molecular weight is 418 g/mol. The van der Waals surface area contributed by atoms with Gasteiger partial charge in [0.25, 0.3) is 0 Å². The molecule has 3 unspecified atom stereocenters. The van der Waals surface area contributed by atoms with Gasteiger partial charge >= 0.3 is 0 Å². The molecule has 2 nitrogen and oxygen atoms in total. The zero-order chi connectivity index (χ0) is 21.7. The summed E-state index contributed by atoms with van der Waals surface area (Å²) in [4.78, 5) is 0. The van der Waals surface area contributed by atoms with Gasteiger partial charge in [-0.2, -0.15) is 0 Å². The summed E-state index contributed by atoms with van der Waals surface area (Å²) in [6.45, 7) is 12.2. The van der Waals surface area contributed by atoms with Crippen molar-refractivity contribution in [2.24, 2.45) is 51.5 Å². The van der Waals surface area contributed by atoms with Crippen LogP contribution in [0.1, 0.15) is 105 Å². The Morgan fingerprint density at radius 2 is 1.77 bits per heavy atom. The summed E-state index contributed by atoms with van der Waals surface area (Å²) in [6, 6.07) is 0. The molecule has 1 N–H and O–H groups in total. The van der Waals surface area contributed by atoms with Crippen molar-refractivity contribution in [3.05, 3.63) is 11.4 Å². The Kier molecular flexibility index (Phi) is 6.14. The van der Waals surface area contributed by atoms with E-state index in [-0.39, 0.29) is 17.0 Å². The van der Waals surface area contributed by atoms with Crippen LogP contribution in [-0.2, 0) is 0 Å². The van der Waals surface area contributed by atoms with Crippen LogP contribution in [-0.4, -0.2) is 10.9 Å². The Bertz CT molecular complexity index is 712. The Balaban J connectivity index is 1.52. The van der Waals surface area contributed by atoms with Gasteiger partial charge in [0.1, 0.15) is 11.5 Å². The molecule has 0 spiro atoms. The van der Waals surface area contributed by atoms with E-state index in [1.165, 1.54) is 44.9 Å². The Labute approximate surface area is 183 Å². The zero-order valence-electron chi connectivity index (χ0n) is 20.0. The molecular formula is C27H44FNO. The van der Waals surface area contributed by atoms with Crippen LogP contribution >= 0.6 is 0 Å². The van der Waals surface area contributed by atoms with Crippen LogP contribution < -0.4 is 0 Å². The van der Waals surface area contributed by atoms with Gasteiger partial charge in [-0.05, 0) is 103 Å². The number of halogens is 1. The molecular weight excluding hydrogens is 373 g/mol. The number of allylic oxidation sites excluding steroid dienone is 2. The largest absolute Gasteiger partial charge is 0.411 e. The number of nitrogens with zero attached hydrogens (tertiary/aromatic N) is 1. The van der Waals surface area contributed by atoms with Gasteiger partial charge in [0.05, 0.1) is 0 Å². The van der Waals surface area contributed by atoms with Gasteiger partial charge in [-0.3, -0.25) is 0 Å². The molecule has 3 saturated carbocycles. The Morgan fingerprint density at radius 1 is 1.00 bits per heavy atom. The van der Waals surface area contributed by atoms with Crippen LogP contribution in [0.4, 0.5) is 4.39 Å². The average Bonchev–Trinajstić information content (AvgIpc) is 3.05. The lowest BCUT2D eigenvalue weighted by atomic mass is 9.46. The number of hydrogen-bond acceptors (Lipinski definition) is 2. The predicted molar refractivity (Wildman–Crippen MR) is 122 cm³/mol. The molecule has 4 rings (SSSR count). The molecule has 3 fully saturated rings. The monoisotopic (exact) mass is 417 g/mol. The van der Waals surface area contributed by atoms with Crippen molar-refractivity contribution in [2.45, 2.75) is 105 Å². The fourth-order valence-corrected chi connectivity index (χ4v) is 8.78. The van der Waals surface area contributed by atoms with Gasteiger partial charge in [0.15, 0.2) is 0 Å². The van der Waals surface area contributed by atoms with Crippen molar-refractivity contribution in [3.8, 4) is 0 Å². The van der Waals surface area contributed by atoms with Crippen molar-refractivity contribution in [2.75, 3.05) is 0 Å². The van der Waals surface area contributed by atoms with Crippen LogP contribution in [0.3, 0.4) is 0 Å². The minimum Gasteiger partial charge on any atom is -0.411 e. The van der Waals surface area contributed by atoms with Crippen LogP contribution in [0.2, 0.25) is 0 Å². The molecule has 0 radical (unpaired) electrons. The molecule has 0 aromatic heterocycles. The van der Waals surface area contributed by atoms with Gasteiger partial charge in [-0.15, -0.1) is 0 Å². The molecule has 170 valence electrons. The van der Waals surface area contributed by atoms with E-state index in [2.05, 4.69) is 39.8 Å². The highest BCUT2D eigenvalue weighted by molar-refractivity contribution is 5.99. The first-order valence-corrected chi connectivity index (χ1v) is 12.8. The van der Waals surface area contributed by atoms with E-state index >= 15 is 4.39 Å². The maximum Gasteiger partial charge on any atom is 0.147 e. The molecule has 4 aliphatic carbocycles. The summed E-state index contributed by atoms with van der Waals surface area (Å²) in [5, 5.41) is 12.5. The highest BCUT2D eigenvalue weighted by Crippen LogP contribution is 2.68. The van der Waals surface area contributed by atoms with E-state index in [9.17, 15) is 5.21 Å². The fourth-order valence-electron chi connectivity index (χ4n) is 8.78. The third-order valence-corrected chi connectivity index (χ3v) is 10.4. The van der Waals surface area contributed by atoms with Crippen LogP contribution in [0.15, 0.2) is 16.6 Å². The second-order valence-corrected chi connectivity index (χ2v) is 12.2. The lowest BCUT2D eigenvalue weighted by Crippen LogP contribution is -2.51. The van der Waals surface area contributed by atoms with E-state index < -0.39 is 0 Å². The molecule has 0 amide bonds. The van der Waals surface area contributed by atoms with E-state index in [0.717, 1.165) is 54.4 Å². The smallest absolute Gasteiger partial charge is 0.147 e. The van der Waals surface area contributed by atoms with Gasteiger partial charge in [0, 0.05) is 0 Å². The maximum atomic E-state index is 15.1. The second kappa shape index (κ2) is 8.24. The number of oxime groups is 1. The fraction of sp³-hybridized carbons (Fsp3) is 0.889. The van der Waals surface area contributed by atoms with Crippen molar-refractivity contribution in [3.63, 3.8) is 0 Å². The first-order valence-electron chi connectivity index (χ1n) is 12.8. The summed E-state index contributed by atoms with van der Waals surface area (Å²) >= 11 is 0. The molecule has 4 aliphatic rings. The Hall–Kier alpha value is -0.860. The third-order valence-electron chi connectivity index (χ3n) is 10.4. The van der Waals surface area contributed by atoms with E-state index in [0.29, 0.717) is 17.8 Å². The highest BCUT2D eigenvalue weighted by atomic mass is 19.1. The molecule has 3 heteroatoms. The number of hydrogen-bond donors (Lipinski definition) is 1. The lowest BCUT2D eigenvalue weighted by molar-refractivity contribution is -0.0584. The van der Waals surface area contributed by atoms with Gasteiger partial charge in [-0.1, -0.05) is 59.0 Å². The van der Waals surface area contributed by atoms with Gasteiger partial charge in [0.2, 0.25) is 0 Å². The van der Waals surface area contributed by atoms with Crippen molar-refractivity contribution >= 4 is 5.71 Å². The number of rotatable bonds is 5. The standard InChI is InChI=1S/C27H44FNO/c1-17(2)7-6-8-18(3)20-11-12-21-19-9-10-23-25(28)24(29-30)14-16-27(23,5)22(19)13-15-26(20,21)4/h17-22,30H,6-16H2,1-5H3/b29-24+/t18-,19?,20-,21?,22?,26-,27-/m1/s1. The first-order chi connectivity index (χ1) is 14.2. The quantitative estimate of drug-likeness (QED) is 0.355. The molecule has 7 atom stereocenters. The van der Waals surface area contributed by atoms with Crippen LogP contribution in [0.25, 0.3) is 0 Å². The van der Waals surface area contributed by atoms with Crippen LogP contribution in [0.5, 0.6) is 0 Å². The van der Waals surface area contributed by atoms with Crippen molar-refractivity contribution in [1.82, 2.24) is 0 Å². The predicted octanol–water partition coefficient (Wildman–Crippen LogP) is 8.16. The topological polar surface area (TPSA) is 32.6 Å². The molecule has 30 heavy (non-hydrogen) atoms. The minimum absolute atomic E-state index is 0.0243. The van der Waals surface area contributed by atoms with E-state index in [4.69, 9.17) is 0 Å². The summed E-state index contributed by atoms with van der Waals surface area (Å²) in [6.07, 6.45) is 13.0. The Morgan fingerprint density at radius 3 is 2.47 bits per heavy atom. The second-order valence-electron chi connectivity index (χ2n) is 12.2. The van der Waals surface area contributed by atoms with E-state index in [1.54, 1.807) is 0 Å². The lowest BCUT2D eigenvalue weighted by Gasteiger charge is -2.58. The summed E-state index contributed by atoms with van der Waals surface area (Å²) < 4.78 is 15.1. The molecule has 0 bridgehead atoms. The molecule has 0 aromatic rings.